The van der Waals surface area contributed by atoms with Crippen molar-refractivity contribution in [2.75, 3.05) is 18.1 Å². The van der Waals surface area contributed by atoms with Gasteiger partial charge >= 0.3 is 6.18 Å². The molecule has 7 heteroatoms. The van der Waals surface area contributed by atoms with Crippen LogP contribution in [0.3, 0.4) is 0 Å². The highest BCUT2D eigenvalue weighted by Gasteiger charge is 2.32. The zero-order chi connectivity index (χ0) is 17.3. The minimum absolute atomic E-state index is 0.0343. The second kappa shape index (κ2) is 6.81. The first-order valence-corrected chi connectivity index (χ1v) is 9.51. The van der Waals surface area contributed by atoms with Crippen LogP contribution in [-0.4, -0.2) is 26.5 Å². The molecule has 130 valence electrons. The van der Waals surface area contributed by atoms with Crippen LogP contribution in [0.5, 0.6) is 0 Å². The van der Waals surface area contributed by atoms with Gasteiger partial charge in [0.25, 0.3) is 0 Å². The molecular weight excluding hydrogens is 327 g/mol. The van der Waals surface area contributed by atoms with Crippen LogP contribution < -0.4 is 5.32 Å². The van der Waals surface area contributed by atoms with E-state index in [1.807, 2.05) is 13.8 Å². The van der Waals surface area contributed by atoms with E-state index < -0.39 is 21.6 Å². The van der Waals surface area contributed by atoms with E-state index in [1.165, 1.54) is 12.1 Å². The molecule has 1 saturated heterocycles. The number of halogens is 3. The molecule has 0 unspecified atom stereocenters. The van der Waals surface area contributed by atoms with Crippen LogP contribution in [0.1, 0.15) is 37.4 Å². The van der Waals surface area contributed by atoms with Crippen molar-refractivity contribution in [3.05, 3.63) is 35.4 Å². The molecule has 0 spiro atoms. The second-order valence-corrected chi connectivity index (χ2v) is 8.75. The average Bonchev–Trinajstić information content (AvgIpc) is 2.77. The van der Waals surface area contributed by atoms with Gasteiger partial charge in [-0.3, -0.25) is 0 Å². The van der Waals surface area contributed by atoms with Crippen molar-refractivity contribution in [2.24, 2.45) is 11.8 Å². The summed E-state index contributed by atoms with van der Waals surface area (Å²) in [7, 11) is -2.94. The van der Waals surface area contributed by atoms with Gasteiger partial charge in [0.2, 0.25) is 0 Å². The summed E-state index contributed by atoms with van der Waals surface area (Å²) in [5.41, 5.74) is -0.0819. The molecule has 1 aromatic rings. The number of alkyl halides is 3. The molecule has 0 bridgehead atoms. The fourth-order valence-corrected chi connectivity index (χ4v) is 4.84. The first kappa shape index (κ1) is 18.3. The lowest BCUT2D eigenvalue weighted by Gasteiger charge is -2.25. The number of hydrogen-bond donors (Lipinski definition) is 1. The number of hydrogen-bond acceptors (Lipinski definition) is 3. The Hall–Kier alpha value is -1.08. The lowest BCUT2D eigenvalue weighted by Crippen LogP contribution is -2.31. The Kier molecular flexibility index (Phi) is 5.41. The van der Waals surface area contributed by atoms with Crippen LogP contribution in [0.2, 0.25) is 0 Å². The van der Waals surface area contributed by atoms with Gasteiger partial charge in [-0.05, 0) is 42.5 Å². The SMILES string of the molecule is CC(C)[C@H](NC[C@@H]1CCS(=O)(=O)C1)c1cccc(C(F)(F)F)c1. The molecule has 1 aromatic carbocycles. The van der Waals surface area contributed by atoms with Crippen LogP contribution in [0.4, 0.5) is 13.2 Å². The normalized spacial score (nSPS) is 22.4. The fraction of sp³-hybridized carbons (Fsp3) is 0.625. The van der Waals surface area contributed by atoms with Crippen molar-refractivity contribution < 1.29 is 21.6 Å². The highest BCUT2D eigenvalue weighted by atomic mass is 32.2. The molecule has 0 aliphatic carbocycles. The largest absolute Gasteiger partial charge is 0.416 e. The lowest BCUT2D eigenvalue weighted by atomic mass is 9.94. The smallest absolute Gasteiger partial charge is 0.309 e. The van der Waals surface area contributed by atoms with E-state index in [0.29, 0.717) is 18.5 Å². The Morgan fingerprint density at radius 2 is 2.00 bits per heavy atom. The summed E-state index contributed by atoms with van der Waals surface area (Å²) in [6.45, 7) is 4.37. The Morgan fingerprint density at radius 1 is 1.30 bits per heavy atom. The molecule has 3 nitrogen and oxygen atoms in total. The maximum Gasteiger partial charge on any atom is 0.416 e. The van der Waals surface area contributed by atoms with Crippen molar-refractivity contribution >= 4 is 9.84 Å². The topological polar surface area (TPSA) is 46.2 Å². The quantitative estimate of drug-likeness (QED) is 0.886. The van der Waals surface area contributed by atoms with Crippen molar-refractivity contribution in [3.63, 3.8) is 0 Å². The molecule has 0 radical (unpaired) electrons. The van der Waals surface area contributed by atoms with Gasteiger partial charge < -0.3 is 5.32 Å². The zero-order valence-electron chi connectivity index (χ0n) is 13.2. The van der Waals surface area contributed by atoms with Crippen LogP contribution in [0.15, 0.2) is 24.3 Å². The van der Waals surface area contributed by atoms with E-state index >= 15 is 0 Å². The predicted octanol–water partition coefficient (Wildman–Crippen LogP) is 3.43. The molecule has 1 N–H and O–H groups in total. The third kappa shape index (κ3) is 4.94. The van der Waals surface area contributed by atoms with Crippen molar-refractivity contribution in [2.45, 2.75) is 32.5 Å². The summed E-state index contributed by atoms with van der Waals surface area (Å²) in [5.74, 6) is 0.492. The summed E-state index contributed by atoms with van der Waals surface area (Å²) in [6, 6.07) is 5.08. The number of sulfone groups is 1. The van der Waals surface area contributed by atoms with Gasteiger partial charge in [0.05, 0.1) is 17.1 Å². The average molecular weight is 349 g/mol. The number of benzene rings is 1. The standard InChI is InChI=1S/C16H22F3NO2S/c1-11(2)15(20-9-12-6-7-23(21,22)10-12)13-4-3-5-14(8-13)16(17,18)19/h3-5,8,11-12,15,20H,6-7,9-10H2,1-2H3/t12-,15-/m0/s1. The fourth-order valence-electron chi connectivity index (χ4n) is 2.97. The first-order chi connectivity index (χ1) is 10.6. The molecule has 23 heavy (non-hydrogen) atoms. The maximum atomic E-state index is 12.9. The minimum Gasteiger partial charge on any atom is -0.309 e. The van der Waals surface area contributed by atoms with Crippen LogP contribution in [-0.2, 0) is 16.0 Å². The predicted molar refractivity (Wildman–Crippen MR) is 83.8 cm³/mol. The molecular formula is C16H22F3NO2S. The Morgan fingerprint density at radius 3 is 2.52 bits per heavy atom. The minimum atomic E-state index is -4.36. The van der Waals surface area contributed by atoms with E-state index in [-0.39, 0.29) is 29.4 Å². The van der Waals surface area contributed by atoms with Crippen LogP contribution in [0.25, 0.3) is 0 Å². The summed E-state index contributed by atoms with van der Waals surface area (Å²) in [5, 5.41) is 3.26. The van der Waals surface area contributed by atoms with Gasteiger partial charge in [-0.25, -0.2) is 8.42 Å². The Labute approximate surface area is 135 Å². The summed E-state index contributed by atoms with van der Waals surface area (Å²) in [4.78, 5) is 0. The first-order valence-electron chi connectivity index (χ1n) is 7.69. The van der Waals surface area contributed by atoms with Gasteiger partial charge in [-0.15, -0.1) is 0 Å². The van der Waals surface area contributed by atoms with Gasteiger partial charge in [0.15, 0.2) is 9.84 Å². The number of nitrogens with one attached hydrogen (secondary N) is 1. The number of rotatable bonds is 5. The molecule has 2 rings (SSSR count). The van der Waals surface area contributed by atoms with Crippen molar-refractivity contribution in [1.82, 2.24) is 5.32 Å². The molecule has 1 fully saturated rings. The lowest BCUT2D eigenvalue weighted by molar-refractivity contribution is -0.137. The third-order valence-electron chi connectivity index (χ3n) is 4.19. The second-order valence-electron chi connectivity index (χ2n) is 6.52. The van der Waals surface area contributed by atoms with Crippen LogP contribution >= 0.6 is 0 Å². The summed E-state index contributed by atoms with van der Waals surface area (Å²) < 4.78 is 61.6. The van der Waals surface area contributed by atoms with Crippen LogP contribution in [0, 0.1) is 11.8 Å². The van der Waals surface area contributed by atoms with Gasteiger partial charge in [0.1, 0.15) is 0 Å². The van der Waals surface area contributed by atoms with Gasteiger partial charge in [-0.2, -0.15) is 13.2 Å². The molecule has 0 amide bonds. The summed E-state index contributed by atoms with van der Waals surface area (Å²) in [6.07, 6.45) is -3.75. The molecule has 1 aliphatic rings. The third-order valence-corrected chi connectivity index (χ3v) is 6.03. The Bertz CT molecular complexity index is 641. The van der Waals surface area contributed by atoms with Gasteiger partial charge in [0, 0.05) is 6.04 Å². The van der Waals surface area contributed by atoms with E-state index in [2.05, 4.69) is 5.32 Å². The van der Waals surface area contributed by atoms with Gasteiger partial charge in [-0.1, -0.05) is 26.0 Å². The van der Waals surface area contributed by atoms with E-state index in [4.69, 9.17) is 0 Å². The van der Waals surface area contributed by atoms with Crippen molar-refractivity contribution in [3.8, 4) is 0 Å². The molecule has 0 aromatic heterocycles. The molecule has 2 atom stereocenters. The molecule has 1 aliphatic heterocycles. The van der Waals surface area contributed by atoms with E-state index in [9.17, 15) is 21.6 Å². The molecule has 0 saturated carbocycles. The van der Waals surface area contributed by atoms with E-state index in [1.54, 1.807) is 6.07 Å². The Balaban J connectivity index is 2.10. The zero-order valence-corrected chi connectivity index (χ0v) is 14.0. The highest BCUT2D eigenvalue weighted by Crippen LogP contribution is 2.32. The monoisotopic (exact) mass is 349 g/mol. The van der Waals surface area contributed by atoms with E-state index in [0.717, 1.165) is 6.07 Å². The maximum absolute atomic E-state index is 12.9. The van der Waals surface area contributed by atoms with Crippen molar-refractivity contribution in [1.29, 1.82) is 0 Å². The molecule has 1 heterocycles. The highest BCUT2D eigenvalue weighted by molar-refractivity contribution is 7.91. The summed E-state index contributed by atoms with van der Waals surface area (Å²) >= 11 is 0.